The lowest BCUT2D eigenvalue weighted by Gasteiger charge is -2.42. The SMILES string of the molecule is Cc1c(CO)ccc(SC2C(=O)C[C@@](CCc3ccc(N)cc3)(C(C)C)OC2=O)c1C(C)(C)C. The fourth-order valence-electron chi connectivity index (χ4n) is 4.77. The molecule has 1 heterocycles. The third kappa shape index (κ3) is 5.49. The number of aliphatic hydroxyl groups excluding tert-OH is 1. The highest BCUT2D eigenvalue weighted by Crippen LogP contribution is 2.43. The molecule has 1 saturated heterocycles. The predicted molar refractivity (Wildman–Crippen MR) is 138 cm³/mol. The van der Waals surface area contributed by atoms with E-state index < -0.39 is 16.8 Å². The van der Waals surface area contributed by atoms with Gasteiger partial charge in [-0.1, -0.05) is 52.8 Å². The van der Waals surface area contributed by atoms with Gasteiger partial charge in [0.25, 0.3) is 0 Å². The van der Waals surface area contributed by atoms with E-state index >= 15 is 0 Å². The molecule has 0 aromatic heterocycles. The summed E-state index contributed by atoms with van der Waals surface area (Å²) >= 11 is 1.28. The van der Waals surface area contributed by atoms with Gasteiger partial charge in [0.2, 0.25) is 0 Å². The normalized spacial score (nSPS) is 21.1. The first-order valence-electron chi connectivity index (χ1n) is 11.9. The van der Waals surface area contributed by atoms with E-state index in [-0.39, 0.29) is 30.1 Å². The van der Waals surface area contributed by atoms with Crippen LogP contribution in [-0.2, 0) is 32.8 Å². The van der Waals surface area contributed by atoms with Gasteiger partial charge < -0.3 is 15.6 Å². The van der Waals surface area contributed by atoms with Crippen molar-refractivity contribution < 1.29 is 19.4 Å². The highest BCUT2D eigenvalue weighted by molar-refractivity contribution is 8.01. The molecular formula is C28H37NO4S. The van der Waals surface area contributed by atoms with Gasteiger partial charge in [-0.25, -0.2) is 0 Å². The molecule has 3 rings (SSSR count). The van der Waals surface area contributed by atoms with E-state index in [9.17, 15) is 14.7 Å². The molecule has 34 heavy (non-hydrogen) atoms. The van der Waals surface area contributed by atoms with Crippen LogP contribution >= 0.6 is 11.8 Å². The van der Waals surface area contributed by atoms with Crippen molar-refractivity contribution in [3.8, 4) is 0 Å². The van der Waals surface area contributed by atoms with Crippen LogP contribution in [0.3, 0.4) is 0 Å². The number of benzene rings is 2. The number of anilines is 1. The smallest absolute Gasteiger partial charge is 0.327 e. The molecule has 6 heteroatoms. The molecule has 184 valence electrons. The minimum absolute atomic E-state index is 0.0105. The molecule has 1 aliphatic heterocycles. The predicted octanol–water partition coefficient (Wildman–Crippen LogP) is 5.37. The number of nitrogen functional groups attached to an aromatic ring is 1. The number of hydrogen-bond donors (Lipinski definition) is 2. The van der Waals surface area contributed by atoms with E-state index in [1.54, 1.807) is 0 Å². The first-order chi connectivity index (χ1) is 15.9. The summed E-state index contributed by atoms with van der Waals surface area (Å²) in [5, 5.41) is 8.83. The van der Waals surface area contributed by atoms with Crippen LogP contribution in [0.2, 0.25) is 0 Å². The number of ether oxygens (including phenoxy) is 1. The summed E-state index contributed by atoms with van der Waals surface area (Å²) in [6, 6.07) is 11.5. The largest absolute Gasteiger partial charge is 0.457 e. The minimum atomic E-state index is -0.885. The van der Waals surface area contributed by atoms with E-state index in [1.165, 1.54) is 11.8 Å². The van der Waals surface area contributed by atoms with Gasteiger partial charge in [0, 0.05) is 17.0 Å². The van der Waals surface area contributed by atoms with Gasteiger partial charge in [-0.2, -0.15) is 0 Å². The second-order valence-corrected chi connectivity index (χ2v) is 11.8. The number of aliphatic hydroxyl groups is 1. The Bertz CT molecular complexity index is 1040. The Morgan fingerprint density at radius 3 is 2.32 bits per heavy atom. The molecule has 5 nitrogen and oxygen atoms in total. The van der Waals surface area contributed by atoms with Gasteiger partial charge in [-0.05, 0) is 71.6 Å². The van der Waals surface area contributed by atoms with E-state index in [0.717, 1.165) is 27.1 Å². The Balaban J connectivity index is 1.84. The molecule has 2 aromatic rings. The summed E-state index contributed by atoms with van der Waals surface area (Å²) in [7, 11) is 0. The summed E-state index contributed by atoms with van der Waals surface area (Å²) in [5.74, 6) is -0.539. The van der Waals surface area contributed by atoms with Gasteiger partial charge in [0.15, 0.2) is 11.0 Å². The number of nitrogens with two attached hydrogens (primary N) is 1. The molecule has 0 radical (unpaired) electrons. The van der Waals surface area contributed by atoms with Crippen LogP contribution in [-0.4, -0.2) is 27.7 Å². The molecule has 1 aliphatic rings. The topological polar surface area (TPSA) is 89.6 Å². The molecular weight excluding hydrogens is 446 g/mol. The van der Waals surface area contributed by atoms with Crippen molar-refractivity contribution in [2.45, 2.75) is 88.6 Å². The van der Waals surface area contributed by atoms with Crippen molar-refractivity contribution in [1.82, 2.24) is 0 Å². The van der Waals surface area contributed by atoms with Crippen LogP contribution in [0.15, 0.2) is 41.3 Å². The lowest BCUT2D eigenvalue weighted by Crippen LogP contribution is -2.52. The molecule has 0 bridgehead atoms. The number of esters is 1. The summed E-state index contributed by atoms with van der Waals surface area (Å²) in [6.45, 7) is 12.2. The number of aryl methyl sites for hydroxylation is 1. The molecule has 2 aromatic carbocycles. The average Bonchev–Trinajstić information content (AvgIpc) is 2.75. The highest BCUT2D eigenvalue weighted by atomic mass is 32.2. The summed E-state index contributed by atoms with van der Waals surface area (Å²) in [6.07, 6.45) is 1.50. The van der Waals surface area contributed by atoms with Gasteiger partial charge in [0.1, 0.15) is 5.60 Å². The molecule has 0 spiro atoms. The number of cyclic esters (lactones) is 1. The quantitative estimate of drug-likeness (QED) is 0.313. The van der Waals surface area contributed by atoms with E-state index in [2.05, 4.69) is 20.8 Å². The average molecular weight is 484 g/mol. The van der Waals surface area contributed by atoms with Crippen LogP contribution in [0, 0.1) is 12.8 Å². The van der Waals surface area contributed by atoms with Crippen molar-refractivity contribution in [1.29, 1.82) is 0 Å². The van der Waals surface area contributed by atoms with Crippen LogP contribution in [0.4, 0.5) is 5.69 Å². The maximum absolute atomic E-state index is 13.4. The molecule has 0 amide bonds. The minimum Gasteiger partial charge on any atom is -0.457 e. The molecule has 0 saturated carbocycles. The number of ketones is 1. The zero-order valence-electron chi connectivity index (χ0n) is 21.1. The Kier molecular flexibility index (Phi) is 7.83. The Hall–Kier alpha value is -2.31. The number of thioether (sulfide) groups is 1. The zero-order chi connectivity index (χ0) is 25.3. The fraction of sp³-hybridized carbons (Fsp3) is 0.500. The van der Waals surface area contributed by atoms with E-state index in [4.69, 9.17) is 10.5 Å². The van der Waals surface area contributed by atoms with Crippen molar-refractivity contribution >= 4 is 29.2 Å². The van der Waals surface area contributed by atoms with Crippen molar-refractivity contribution in [3.05, 3.63) is 58.7 Å². The number of rotatable bonds is 7. The Morgan fingerprint density at radius 2 is 1.79 bits per heavy atom. The van der Waals surface area contributed by atoms with Crippen LogP contribution in [0.25, 0.3) is 0 Å². The van der Waals surface area contributed by atoms with Crippen molar-refractivity contribution in [2.75, 3.05) is 5.73 Å². The van der Waals surface area contributed by atoms with Gasteiger partial charge in [0.05, 0.1) is 6.61 Å². The summed E-state index contributed by atoms with van der Waals surface area (Å²) in [4.78, 5) is 27.5. The van der Waals surface area contributed by atoms with E-state index in [1.807, 2.05) is 57.2 Å². The third-order valence-electron chi connectivity index (χ3n) is 6.86. The van der Waals surface area contributed by atoms with Gasteiger partial charge in [-0.3, -0.25) is 9.59 Å². The number of hydrogen-bond acceptors (Lipinski definition) is 6. The first kappa shape index (κ1) is 26.3. The number of carbonyl (C=O) groups is 2. The second-order valence-electron chi connectivity index (χ2n) is 10.7. The maximum atomic E-state index is 13.4. The maximum Gasteiger partial charge on any atom is 0.327 e. The number of Topliss-reactive ketones (excluding diaryl/α,β-unsaturated/α-hetero) is 1. The van der Waals surface area contributed by atoms with E-state index in [0.29, 0.717) is 18.5 Å². The molecule has 2 atom stereocenters. The van der Waals surface area contributed by atoms with Gasteiger partial charge >= 0.3 is 5.97 Å². The Labute approximate surface area is 207 Å². The first-order valence-corrected chi connectivity index (χ1v) is 12.8. The zero-order valence-corrected chi connectivity index (χ0v) is 21.9. The Morgan fingerprint density at radius 1 is 1.15 bits per heavy atom. The van der Waals surface area contributed by atoms with Crippen molar-refractivity contribution in [2.24, 2.45) is 5.92 Å². The van der Waals surface area contributed by atoms with Crippen LogP contribution in [0.5, 0.6) is 0 Å². The fourth-order valence-corrected chi connectivity index (χ4v) is 6.11. The van der Waals surface area contributed by atoms with Gasteiger partial charge in [-0.15, -0.1) is 11.8 Å². The van der Waals surface area contributed by atoms with Crippen molar-refractivity contribution in [3.63, 3.8) is 0 Å². The second kappa shape index (κ2) is 10.1. The summed E-state index contributed by atoms with van der Waals surface area (Å²) < 4.78 is 6.09. The lowest BCUT2D eigenvalue weighted by atomic mass is 9.78. The molecule has 1 fully saturated rings. The monoisotopic (exact) mass is 483 g/mol. The third-order valence-corrected chi connectivity index (χ3v) is 8.14. The molecule has 3 N–H and O–H groups in total. The standard InChI is InChI=1S/C28H37NO4S/c1-17(2)28(14-13-19-7-10-21(29)11-8-19)15-22(31)25(26(32)33-28)34-23-12-9-20(16-30)18(3)24(23)27(4,5)6/h7-12,17,25,30H,13-16,29H2,1-6H3/t25?,28-/m0/s1. The van der Waals surface area contributed by atoms with Crippen LogP contribution < -0.4 is 5.73 Å². The molecule has 0 aliphatic carbocycles. The summed E-state index contributed by atoms with van der Waals surface area (Å²) in [5.41, 5.74) is 9.48. The number of carbonyl (C=O) groups excluding carboxylic acids is 2. The highest BCUT2D eigenvalue weighted by Gasteiger charge is 2.49. The lowest BCUT2D eigenvalue weighted by molar-refractivity contribution is -0.176. The molecule has 1 unspecified atom stereocenters. The van der Waals surface area contributed by atoms with Crippen LogP contribution in [0.1, 0.15) is 69.7 Å².